The molecule has 0 bridgehead atoms. The molecule has 0 fully saturated rings. The molecule has 0 aromatic carbocycles. The van der Waals surface area contributed by atoms with Gasteiger partial charge in [0, 0.05) is 6.04 Å². The number of aromatic nitrogens is 3. The van der Waals surface area contributed by atoms with Gasteiger partial charge in [0.05, 0.1) is 6.54 Å². The van der Waals surface area contributed by atoms with E-state index in [9.17, 15) is 9.18 Å². The lowest BCUT2D eigenvalue weighted by Crippen LogP contribution is -2.25. The maximum atomic E-state index is 13.3. The second-order valence-electron chi connectivity index (χ2n) is 4.41. The smallest absolute Gasteiger partial charge is 0.280 e. The Bertz CT molecular complexity index is 525. The Kier molecular flexibility index (Phi) is 4.77. The molecular formula is C11H17FN4OS. The van der Waals surface area contributed by atoms with E-state index in [4.69, 9.17) is 12.2 Å². The van der Waals surface area contributed by atoms with Gasteiger partial charge in [0.15, 0.2) is 16.4 Å². The van der Waals surface area contributed by atoms with Gasteiger partial charge in [-0.25, -0.2) is 4.39 Å². The highest BCUT2D eigenvalue weighted by Crippen LogP contribution is 2.09. The molecule has 7 heteroatoms. The normalized spacial score (nSPS) is 10.6. The summed E-state index contributed by atoms with van der Waals surface area (Å²) >= 11 is 5.07. The number of nitrogens with zero attached hydrogens (tertiary/aromatic N) is 2. The van der Waals surface area contributed by atoms with Crippen molar-refractivity contribution in [3.8, 4) is 0 Å². The van der Waals surface area contributed by atoms with Crippen molar-refractivity contribution in [3.63, 3.8) is 0 Å². The van der Waals surface area contributed by atoms with Crippen molar-refractivity contribution in [1.29, 1.82) is 0 Å². The summed E-state index contributed by atoms with van der Waals surface area (Å²) in [6.07, 6.45) is 0. The van der Waals surface area contributed by atoms with Crippen LogP contribution in [0.1, 0.15) is 39.6 Å². The summed E-state index contributed by atoms with van der Waals surface area (Å²) in [6.45, 7) is 7.11. The van der Waals surface area contributed by atoms with Gasteiger partial charge in [-0.1, -0.05) is 0 Å². The monoisotopic (exact) mass is 272 g/mol. The van der Waals surface area contributed by atoms with E-state index in [0.717, 1.165) is 0 Å². The summed E-state index contributed by atoms with van der Waals surface area (Å²) in [5, 5.41) is 9.13. The molecule has 1 aromatic rings. The number of amides is 1. The molecule has 1 amide bonds. The zero-order valence-corrected chi connectivity index (χ0v) is 11.7. The van der Waals surface area contributed by atoms with Crippen molar-refractivity contribution in [2.45, 2.75) is 40.3 Å². The fraction of sp³-hybridized carbons (Fsp3) is 0.545. The SMILES string of the molecule is CC(C)=C(F)C(=O)NCc1n[nH]c(=S)n1C(C)C. The Morgan fingerprint density at radius 1 is 1.56 bits per heavy atom. The van der Waals surface area contributed by atoms with E-state index in [1.165, 1.54) is 0 Å². The number of nitrogens with one attached hydrogen (secondary N) is 2. The molecule has 1 rings (SSSR count). The quantitative estimate of drug-likeness (QED) is 0.653. The van der Waals surface area contributed by atoms with Crippen LogP contribution in [0.3, 0.4) is 0 Å². The van der Waals surface area contributed by atoms with E-state index in [1.54, 1.807) is 18.4 Å². The number of rotatable bonds is 4. The van der Waals surface area contributed by atoms with Gasteiger partial charge in [-0.05, 0) is 45.5 Å². The second-order valence-corrected chi connectivity index (χ2v) is 4.79. The number of carbonyl (C=O) groups excluding carboxylic acids is 1. The lowest BCUT2D eigenvalue weighted by Gasteiger charge is -2.10. The van der Waals surface area contributed by atoms with Gasteiger partial charge in [0.25, 0.3) is 5.91 Å². The lowest BCUT2D eigenvalue weighted by molar-refractivity contribution is -0.119. The summed E-state index contributed by atoms with van der Waals surface area (Å²) < 4.78 is 15.6. The summed E-state index contributed by atoms with van der Waals surface area (Å²) in [7, 11) is 0. The first-order valence-electron chi connectivity index (χ1n) is 5.61. The standard InChI is InChI=1S/C11H17FN4OS/c1-6(2)9(12)10(17)13-5-8-14-15-11(18)16(8)7(3)4/h7H,5H2,1-4H3,(H,13,17)(H,15,18). The number of halogens is 1. The van der Waals surface area contributed by atoms with Gasteiger partial charge in [-0.3, -0.25) is 9.89 Å². The third kappa shape index (κ3) is 3.25. The fourth-order valence-electron chi connectivity index (χ4n) is 1.46. The third-order valence-electron chi connectivity index (χ3n) is 2.34. The Labute approximate surface area is 110 Å². The summed E-state index contributed by atoms with van der Waals surface area (Å²) in [4.78, 5) is 11.4. The molecule has 1 heterocycles. The molecule has 0 aliphatic heterocycles. The van der Waals surface area contributed by atoms with Crippen LogP contribution in [0.25, 0.3) is 0 Å². The molecule has 0 saturated carbocycles. The Morgan fingerprint density at radius 3 is 2.67 bits per heavy atom. The molecule has 0 aliphatic rings. The maximum absolute atomic E-state index is 13.3. The molecule has 0 aliphatic carbocycles. The second kappa shape index (κ2) is 5.90. The molecule has 2 N–H and O–H groups in total. The maximum Gasteiger partial charge on any atom is 0.280 e. The van der Waals surface area contributed by atoms with Gasteiger partial charge in [-0.2, -0.15) is 5.10 Å². The van der Waals surface area contributed by atoms with E-state index in [0.29, 0.717) is 16.2 Å². The Morgan fingerprint density at radius 2 is 2.17 bits per heavy atom. The molecule has 0 atom stereocenters. The van der Waals surface area contributed by atoms with Crippen molar-refractivity contribution in [3.05, 3.63) is 22.0 Å². The van der Waals surface area contributed by atoms with Crippen LogP contribution in [0.15, 0.2) is 11.4 Å². The molecule has 0 unspecified atom stereocenters. The number of hydrogen-bond acceptors (Lipinski definition) is 3. The zero-order valence-electron chi connectivity index (χ0n) is 10.9. The number of aromatic amines is 1. The minimum Gasteiger partial charge on any atom is -0.343 e. The van der Waals surface area contributed by atoms with Crippen molar-refractivity contribution in [1.82, 2.24) is 20.1 Å². The topological polar surface area (TPSA) is 62.7 Å². The number of allylic oxidation sites excluding steroid dienone is 1. The van der Waals surface area contributed by atoms with E-state index in [-0.39, 0.29) is 12.6 Å². The van der Waals surface area contributed by atoms with Crippen molar-refractivity contribution in [2.24, 2.45) is 0 Å². The minimum absolute atomic E-state index is 0.122. The van der Waals surface area contributed by atoms with Gasteiger partial charge < -0.3 is 9.88 Å². The highest BCUT2D eigenvalue weighted by Gasteiger charge is 2.13. The molecule has 0 radical (unpaired) electrons. The summed E-state index contributed by atoms with van der Waals surface area (Å²) in [5.74, 6) is -0.927. The minimum atomic E-state index is -0.764. The Hall–Kier alpha value is -1.50. The zero-order chi connectivity index (χ0) is 13.9. The molecule has 1 aromatic heterocycles. The highest BCUT2D eigenvalue weighted by molar-refractivity contribution is 7.71. The molecule has 0 saturated heterocycles. The van der Waals surface area contributed by atoms with Gasteiger partial charge in [0.1, 0.15) is 0 Å². The van der Waals surface area contributed by atoms with Crippen LogP contribution < -0.4 is 5.32 Å². The molecule has 18 heavy (non-hydrogen) atoms. The van der Waals surface area contributed by atoms with Crippen LogP contribution in [-0.2, 0) is 11.3 Å². The van der Waals surface area contributed by atoms with Gasteiger partial charge in [0.2, 0.25) is 0 Å². The predicted molar refractivity (Wildman–Crippen MR) is 69.1 cm³/mol. The highest BCUT2D eigenvalue weighted by atomic mass is 32.1. The van der Waals surface area contributed by atoms with Crippen LogP contribution in [-0.4, -0.2) is 20.7 Å². The van der Waals surface area contributed by atoms with Crippen molar-refractivity contribution < 1.29 is 9.18 Å². The fourth-order valence-corrected chi connectivity index (χ4v) is 1.82. The molecule has 5 nitrogen and oxygen atoms in total. The molecule has 0 spiro atoms. The van der Waals surface area contributed by atoms with Crippen LogP contribution >= 0.6 is 12.2 Å². The molecular weight excluding hydrogens is 255 g/mol. The summed E-state index contributed by atoms with van der Waals surface area (Å²) in [5.41, 5.74) is 0.343. The Balaban J connectivity index is 2.80. The largest absolute Gasteiger partial charge is 0.343 e. The number of H-pyrrole nitrogens is 1. The van der Waals surface area contributed by atoms with Crippen molar-refractivity contribution >= 4 is 18.1 Å². The number of carbonyl (C=O) groups is 1. The van der Waals surface area contributed by atoms with Crippen LogP contribution in [0.2, 0.25) is 0 Å². The average Bonchev–Trinajstić information content (AvgIpc) is 2.66. The first kappa shape index (κ1) is 14.6. The first-order chi connectivity index (χ1) is 8.34. The number of hydrogen-bond donors (Lipinski definition) is 2. The van der Waals surface area contributed by atoms with Crippen LogP contribution in [0.5, 0.6) is 0 Å². The van der Waals surface area contributed by atoms with E-state index in [2.05, 4.69) is 15.5 Å². The lowest BCUT2D eigenvalue weighted by atomic mass is 10.3. The van der Waals surface area contributed by atoms with E-state index in [1.807, 2.05) is 13.8 Å². The van der Waals surface area contributed by atoms with Gasteiger partial charge in [-0.15, -0.1) is 0 Å². The third-order valence-corrected chi connectivity index (χ3v) is 2.63. The van der Waals surface area contributed by atoms with Crippen LogP contribution in [0.4, 0.5) is 4.39 Å². The van der Waals surface area contributed by atoms with Crippen molar-refractivity contribution in [2.75, 3.05) is 0 Å². The van der Waals surface area contributed by atoms with E-state index >= 15 is 0 Å². The first-order valence-corrected chi connectivity index (χ1v) is 6.02. The van der Waals surface area contributed by atoms with Gasteiger partial charge >= 0.3 is 0 Å². The molecule has 100 valence electrons. The van der Waals surface area contributed by atoms with E-state index < -0.39 is 11.7 Å². The predicted octanol–water partition coefficient (Wildman–Crippen LogP) is 2.40. The average molecular weight is 272 g/mol. The summed E-state index contributed by atoms with van der Waals surface area (Å²) in [6, 6.07) is 0.122. The van der Waals surface area contributed by atoms with Crippen LogP contribution in [0, 0.1) is 4.77 Å².